The number of nitrogens with zero attached hydrogens (tertiary/aromatic N) is 3. The van der Waals surface area contributed by atoms with Gasteiger partial charge >= 0.3 is 0 Å². The molecular formula is C25H44IN5O. The van der Waals surface area contributed by atoms with E-state index in [1.165, 1.54) is 18.5 Å². The van der Waals surface area contributed by atoms with Gasteiger partial charge in [-0.2, -0.15) is 0 Å². The first kappa shape index (κ1) is 27.3. The Kier molecular flexibility index (Phi) is 11.7. The second-order valence-electron chi connectivity index (χ2n) is 9.16. The Morgan fingerprint density at radius 2 is 1.91 bits per heavy atom. The van der Waals surface area contributed by atoms with Crippen molar-refractivity contribution in [3.05, 3.63) is 35.9 Å². The van der Waals surface area contributed by atoms with Crippen molar-refractivity contribution in [1.29, 1.82) is 0 Å². The summed E-state index contributed by atoms with van der Waals surface area (Å²) in [6, 6.07) is 11.0. The largest absolute Gasteiger partial charge is 0.381 e. The van der Waals surface area contributed by atoms with Gasteiger partial charge in [0.25, 0.3) is 0 Å². The van der Waals surface area contributed by atoms with Gasteiger partial charge in [-0.05, 0) is 50.8 Å². The monoisotopic (exact) mass is 557 g/mol. The van der Waals surface area contributed by atoms with Crippen LogP contribution in [0.2, 0.25) is 0 Å². The quantitative estimate of drug-likeness (QED) is 0.275. The van der Waals surface area contributed by atoms with E-state index in [1.807, 2.05) is 7.05 Å². The van der Waals surface area contributed by atoms with Crippen LogP contribution < -0.4 is 10.6 Å². The number of nitrogens with one attached hydrogen (secondary N) is 2. The second kappa shape index (κ2) is 13.7. The van der Waals surface area contributed by atoms with Crippen LogP contribution in [0.5, 0.6) is 0 Å². The molecule has 2 saturated heterocycles. The number of halogens is 1. The van der Waals surface area contributed by atoms with Gasteiger partial charge in [-0.15, -0.1) is 24.0 Å². The summed E-state index contributed by atoms with van der Waals surface area (Å²) in [6.45, 7) is 14.9. The summed E-state index contributed by atoms with van der Waals surface area (Å²) in [5, 5.41) is 7.67. The van der Waals surface area contributed by atoms with Gasteiger partial charge in [0.15, 0.2) is 5.96 Å². The number of guanidine groups is 1. The first-order valence-electron chi connectivity index (χ1n) is 12.2. The molecule has 1 aromatic rings. The van der Waals surface area contributed by atoms with Gasteiger partial charge < -0.3 is 25.2 Å². The van der Waals surface area contributed by atoms with E-state index >= 15 is 0 Å². The van der Waals surface area contributed by atoms with Crippen molar-refractivity contribution in [2.75, 3.05) is 59.5 Å². The zero-order valence-electron chi connectivity index (χ0n) is 20.5. The molecule has 2 atom stereocenters. The van der Waals surface area contributed by atoms with Crippen LogP contribution in [0.15, 0.2) is 35.3 Å². The molecule has 2 N–H and O–H groups in total. The van der Waals surface area contributed by atoms with Crippen LogP contribution in [-0.4, -0.2) is 80.8 Å². The zero-order valence-corrected chi connectivity index (χ0v) is 22.8. The summed E-state index contributed by atoms with van der Waals surface area (Å²) in [5.74, 6) is 1.77. The second-order valence-corrected chi connectivity index (χ2v) is 9.16. The molecular weight excluding hydrogens is 513 g/mol. The average molecular weight is 558 g/mol. The molecule has 7 heteroatoms. The highest BCUT2D eigenvalue weighted by Gasteiger charge is 2.35. The standard InChI is InChI=1S/C25H43N5O.HI/c1-5-29(6-2)18-22-12-15-30(19-22)24(26-4)27-20-25(13-16-31-17-14-25)28-21(3)23-10-8-7-9-11-23;/h7-11,21-22,28H,5-6,12-20H2,1-4H3,(H,26,27);1H. The zero-order chi connectivity index (χ0) is 22.1. The minimum atomic E-state index is 0. The van der Waals surface area contributed by atoms with E-state index in [9.17, 15) is 0 Å². The van der Waals surface area contributed by atoms with Crippen molar-refractivity contribution in [1.82, 2.24) is 20.4 Å². The summed E-state index contributed by atoms with van der Waals surface area (Å²) in [5.41, 5.74) is 1.35. The molecule has 0 radical (unpaired) electrons. The Morgan fingerprint density at radius 1 is 1.22 bits per heavy atom. The van der Waals surface area contributed by atoms with Gasteiger partial charge in [0.1, 0.15) is 0 Å². The van der Waals surface area contributed by atoms with E-state index in [-0.39, 0.29) is 29.5 Å². The lowest BCUT2D eigenvalue weighted by Crippen LogP contribution is -2.58. The van der Waals surface area contributed by atoms with Crippen LogP contribution in [0.4, 0.5) is 0 Å². The maximum absolute atomic E-state index is 5.70. The molecule has 0 saturated carbocycles. The molecule has 6 nitrogen and oxygen atoms in total. The number of ether oxygens (including phenoxy) is 1. The minimum Gasteiger partial charge on any atom is -0.381 e. The van der Waals surface area contributed by atoms with E-state index in [1.54, 1.807) is 0 Å². The highest BCUT2D eigenvalue weighted by atomic mass is 127. The Morgan fingerprint density at radius 3 is 2.53 bits per heavy atom. The number of hydrogen-bond donors (Lipinski definition) is 2. The molecule has 0 aromatic heterocycles. The summed E-state index contributed by atoms with van der Waals surface area (Å²) < 4.78 is 5.70. The molecule has 182 valence electrons. The third-order valence-electron chi connectivity index (χ3n) is 7.07. The van der Waals surface area contributed by atoms with Crippen molar-refractivity contribution >= 4 is 29.9 Å². The number of benzene rings is 1. The SMILES string of the molecule is CCN(CC)CC1CCN(C(=NC)NCC2(NC(C)c3ccccc3)CCOCC2)C1.I. The molecule has 2 heterocycles. The van der Waals surface area contributed by atoms with E-state index in [0.29, 0.717) is 6.04 Å². The van der Waals surface area contributed by atoms with Crippen molar-refractivity contribution in [3.63, 3.8) is 0 Å². The Hall–Kier alpha value is -0.900. The molecule has 32 heavy (non-hydrogen) atoms. The third kappa shape index (κ3) is 7.57. The first-order valence-corrected chi connectivity index (χ1v) is 12.2. The van der Waals surface area contributed by atoms with Gasteiger partial charge in [-0.25, -0.2) is 0 Å². The molecule has 0 spiro atoms. The topological polar surface area (TPSA) is 52.1 Å². The molecule has 0 aliphatic carbocycles. The number of hydrogen-bond acceptors (Lipinski definition) is 4. The van der Waals surface area contributed by atoms with E-state index in [2.05, 4.69) is 76.5 Å². The lowest BCUT2D eigenvalue weighted by Gasteiger charge is -2.41. The van der Waals surface area contributed by atoms with Gasteiger partial charge in [-0.3, -0.25) is 4.99 Å². The van der Waals surface area contributed by atoms with E-state index < -0.39 is 0 Å². The average Bonchev–Trinajstić information content (AvgIpc) is 3.27. The molecule has 2 unspecified atom stereocenters. The maximum Gasteiger partial charge on any atom is 0.193 e. The molecule has 2 aliphatic heterocycles. The Balaban J connectivity index is 0.00000363. The van der Waals surface area contributed by atoms with Crippen LogP contribution in [0.1, 0.15) is 51.6 Å². The van der Waals surface area contributed by atoms with Crippen LogP contribution in [0, 0.1) is 5.92 Å². The summed E-state index contributed by atoms with van der Waals surface area (Å²) in [6.07, 6.45) is 3.27. The van der Waals surface area contributed by atoms with Gasteiger partial charge in [0, 0.05) is 58.0 Å². The van der Waals surface area contributed by atoms with Gasteiger partial charge in [0.05, 0.1) is 0 Å². The van der Waals surface area contributed by atoms with E-state index in [4.69, 9.17) is 4.74 Å². The Bertz CT molecular complexity index is 676. The number of likely N-dealkylation sites (tertiary alicyclic amines) is 1. The van der Waals surface area contributed by atoms with Gasteiger partial charge in [0.2, 0.25) is 0 Å². The fraction of sp³-hybridized carbons (Fsp3) is 0.720. The molecule has 1 aromatic carbocycles. The normalized spacial score (nSPS) is 22.0. The van der Waals surface area contributed by atoms with Crippen LogP contribution >= 0.6 is 24.0 Å². The lowest BCUT2D eigenvalue weighted by atomic mass is 9.88. The smallest absolute Gasteiger partial charge is 0.193 e. The third-order valence-corrected chi connectivity index (χ3v) is 7.07. The molecule has 0 amide bonds. The highest BCUT2D eigenvalue weighted by molar-refractivity contribution is 14.0. The van der Waals surface area contributed by atoms with Crippen molar-refractivity contribution in [2.45, 2.75) is 51.6 Å². The van der Waals surface area contributed by atoms with E-state index in [0.717, 1.165) is 70.7 Å². The molecule has 0 bridgehead atoms. The lowest BCUT2D eigenvalue weighted by molar-refractivity contribution is 0.0353. The molecule has 3 rings (SSSR count). The predicted octanol–water partition coefficient (Wildman–Crippen LogP) is 3.74. The summed E-state index contributed by atoms with van der Waals surface area (Å²) in [7, 11) is 1.91. The predicted molar refractivity (Wildman–Crippen MR) is 145 cm³/mol. The fourth-order valence-corrected chi connectivity index (χ4v) is 5.02. The Labute approximate surface area is 212 Å². The van der Waals surface area contributed by atoms with Crippen molar-refractivity contribution in [2.24, 2.45) is 10.9 Å². The highest BCUT2D eigenvalue weighted by Crippen LogP contribution is 2.25. The number of aliphatic imine (C=N–C) groups is 1. The van der Waals surface area contributed by atoms with Crippen molar-refractivity contribution < 1.29 is 4.74 Å². The first-order chi connectivity index (χ1) is 15.1. The fourth-order valence-electron chi connectivity index (χ4n) is 5.02. The molecule has 2 aliphatic rings. The van der Waals surface area contributed by atoms with Crippen molar-refractivity contribution in [3.8, 4) is 0 Å². The summed E-state index contributed by atoms with van der Waals surface area (Å²) in [4.78, 5) is 9.62. The summed E-state index contributed by atoms with van der Waals surface area (Å²) >= 11 is 0. The van der Waals surface area contributed by atoms with Crippen LogP contribution in [0.3, 0.4) is 0 Å². The number of rotatable bonds is 9. The minimum absolute atomic E-state index is 0. The van der Waals surface area contributed by atoms with Gasteiger partial charge in [-0.1, -0.05) is 44.2 Å². The molecule has 2 fully saturated rings. The maximum atomic E-state index is 5.70. The van der Waals surface area contributed by atoms with Crippen LogP contribution in [-0.2, 0) is 4.74 Å². The van der Waals surface area contributed by atoms with Crippen LogP contribution in [0.25, 0.3) is 0 Å².